The van der Waals surface area contributed by atoms with Crippen LogP contribution in [-0.4, -0.2) is 25.7 Å². The van der Waals surface area contributed by atoms with E-state index in [0.29, 0.717) is 6.61 Å². The van der Waals surface area contributed by atoms with E-state index in [9.17, 15) is 4.79 Å². The average molecular weight is 353 g/mol. The number of hydrogen-bond donors (Lipinski definition) is 1. The van der Waals surface area contributed by atoms with Gasteiger partial charge in [-0.15, -0.1) is 0 Å². The molecule has 0 spiro atoms. The Morgan fingerprint density at radius 2 is 1.65 bits per heavy atom. The van der Waals surface area contributed by atoms with Crippen molar-refractivity contribution >= 4 is 5.91 Å². The first-order valence-corrected chi connectivity index (χ1v) is 9.27. The second kappa shape index (κ2) is 8.26. The topological polar surface area (TPSA) is 47.6 Å². The molecule has 2 aromatic carbocycles. The molecule has 0 unspecified atom stereocenters. The number of methoxy groups -OCH3 is 1. The lowest BCUT2D eigenvalue weighted by Gasteiger charge is -2.30. The van der Waals surface area contributed by atoms with Crippen molar-refractivity contribution in [3.8, 4) is 11.5 Å². The van der Waals surface area contributed by atoms with Gasteiger partial charge in [0.05, 0.1) is 18.6 Å². The standard InChI is InChI=1S/C22H27NO3/c1-17(16-26-20-12-10-19(25-2)11-13-20)23-21(24)22(14-6-7-15-22)18-8-4-3-5-9-18/h3-5,8-13,17H,6-7,14-16H2,1-2H3,(H,23,24)/t17-/m1/s1. The summed E-state index contributed by atoms with van der Waals surface area (Å²) in [4.78, 5) is 13.1. The second-order valence-corrected chi connectivity index (χ2v) is 7.02. The van der Waals surface area contributed by atoms with Crippen LogP contribution in [0.3, 0.4) is 0 Å². The van der Waals surface area contributed by atoms with Gasteiger partial charge in [-0.2, -0.15) is 0 Å². The van der Waals surface area contributed by atoms with E-state index < -0.39 is 5.41 Å². The van der Waals surface area contributed by atoms with E-state index in [-0.39, 0.29) is 11.9 Å². The number of carbonyl (C=O) groups excluding carboxylic acids is 1. The predicted molar refractivity (Wildman–Crippen MR) is 103 cm³/mol. The lowest BCUT2D eigenvalue weighted by atomic mass is 9.78. The first kappa shape index (κ1) is 18.3. The van der Waals surface area contributed by atoms with Crippen LogP contribution in [0.25, 0.3) is 0 Å². The van der Waals surface area contributed by atoms with E-state index >= 15 is 0 Å². The van der Waals surface area contributed by atoms with E-state index in [4.69, 9.17) is 9.47 Å². The molecule has 0 bridgehead atoms. The number of carbonyl (C=O) groups is 1. The Hall–Kier alpha value is -2.49. The summed E-state index contributed by atoms with van der Waals surface area (Å²) in [5, 5.41) is 3.17. The molecule has 0 radical (unpaired) electrons. The highest BCUT2D eigenvalue weighted by molar-refractivity contribution is 5.88. The smallest absolute Gasteiger partial charge is 0.230 e. The van der Waals surface area contributed by atoms with E-state index in [1.807, 2.05) is 49.4 Å². The molecular formula is C22H27NO3. The molecule has 1 amide bonds. The zero-order valence-corrected chi connectivity index (χ0v) is 15.5. The Balaban J connectivity index is 1.60. The molecule has 4 nitrogen and oxygen atoms in total. The number of ether oxygens (including phenoxy) is 2. The summed E-state index contributed by atoms with van der Waals surface area (Å²) >= 11 is 0. The Bertz CT molecular complexity index is 706. The number of benzene rings is 2. The lowest BCUT2D eigenvalue weighted by Crippen LogP contribution is -2.47. The normalized spacial score (nSPS) is 16.7. The molecule has 1 fully saturated rings. The Morgan fingerprint density at radius 3 is 2.27 bits per heavy atom. The van der Waals surface area contributed by atoms with Gasteiger partial charge in [0.2, 0.25) is 5.91 Å². The van der Waals surface area contributed by atoms with Crippen LogP contribution < -0.4 is 14.8 Å². The third-order valence-electron chi connectivity index (χ3n) is 5.16. The summed E-state index contributed by atoms with van der Waals surface area (Å²) in [5.74, 6) is 1.68. The first-order chi connectivity index (χ1) is 12.6. The van der Waals surface area contributed by atoms with Gasteiger partial charge in [-0.3, -0.25) is 4.79 Å². The molecule has 1 aliphatic carbocycles. The van der Waals surface area contributed by atoms with E-state index in [1.165, 1.54) is 0 Å². The average Bonchev–Trinajstić information content (AvgIpc) is 3.19. The van der Waals surface area contributed by atoms with Crippen molar-refractivity contribution < 1.29 is 14.3 Å². The molecule has 0 heterocycles. The quantitative estimate of drug-likeness (QED) is 0.815. The van der Waals surface area contributed by atoms with E-state index in [2.05, 4.69) is 17.4 Å². The SMILES string of the molecule is COc1ccc(OC[C@@H](C)NC(=O)C2(c3ccccc3)CCCC2)cc1. The molecule has 0 saturated heterocycles. The maximum Gasteiger partial charge on any atom is 0.230 e. The number of hydrogen-bond acceptors (Lipinski definition) is 3. The molecule has 0 aliphatic heterocycles. The Morgan fingerprint density at radius 1 is 1.04 bits per heavy atom. The van der Waals surface area contributed by atoms with Crippen LogP contribution in [-0.2, 0) is 10.2 Å². The van der Waals surface area contributed by atoms with Crippen molar-refractivity contribution in [1.82, 2.24) is 5.32 Å². The summed E-state index contributed by atoms with van der Waals surface area (Å²) in [6.45, 7) is 2.41. The van der Waals surface area contributed by atoms with Crippen molar-refractivity contribution in [3.63, 3.8) is 0 Å². The van der Waals surface area contributed by atoms with Crippen LogP contribution in [0.15, 0.2) is 54.6 Å². The van der Waals surface area contributed by atoms with Gasteiger partial charge in [-0.1, -0.05) is 43.2 Å². The van der Waals surface area contributed by atoms with Crippen LogP contribution in [0.4, 0.5) is 0 Å². The summed E-state index contributed by atoms with van der Waals surface area (Å²) in [7, 11) is 1.64. The molecular weight excluding hydrogens is 326 g/mol. The summed E-state index contributed by atoms with van der Waals surface area (Å²) in [6, 6.07) is 17.6. The van der Waals surface area contributed by atoms with Gasteiger partial charge >= 0.3 is 0 Å². The maximum absolute atomic E-state index is 13.1. The lowest BCUT2D eigenvalue weighted by molar-refractivity contribution is -0.127. The zero-order chi connectivity index (χ0) is 18.4. The van der Waals surface area contributed by atoms with E-state index in [1.54, 1.807) is 7.11 Å². The van der Waals surface area contributed by atoms with Gasteiger partial charge < -0.3 is 14.8 Å². The van der Waals surface area contributed by atoms with Gasteiger partial charge in [0.15, 0.2) is 0 Å². The predicted octanol–water partition coefficient (Wildman–Crippen LogP) is 4.09. The Kier molecular flexibility index (Phi) is 5.82. The highest BCUT2D eigenvalue weighted by atomic mass is 16.5. The van der Waals surface area contributed by atoms with E-state index in [0.717, 1.165) is 42.7 Å². The van der Waals surface area contributed by atoms with Crippen LogP contribution >= 0.6 is 0 Å². The van der Waals surface area contributed by atoms with Crippen LogP contribution in [0.5, 0.6) is 11.5 Å². The highest BCUT2D eigenvalue weighted by Gasteiger charge is 2.42. The van der Waals surface area contributed by atoms with Crippen LogP contribution in [0, 0.1) is 0 Å². The minimum Gasteiger partial charge on any atom is -0.497 e. The Labute approximate surface area is 155 Å². The molecule has 1 aliphatic rings. The van der Waals surface area contributed by atoms with Crippen molar-refractivity contribution in [2.45, 2.75) is 44.1 Å². The molecule has 1 atom stereocenters. The number of amides is 1. The van der Waals surface area contributed by atoms with Crippen LogP contribution in [0.2, 0.25) is 0 Å². The van der Waals surface area contributed by atoms with Gasteiger partial charge in [-0.05, 0) is 49.6 Å². The summed E-state index contributed by atoms with van der Waals surface area (Å²) < 4.78 is 10.9. The zero-order valence-electron chi connectivity index (χ0n) is 15.5. The number of nitrogens with one attached hydrogen (secondary N) is 1. The minimum atomic E-state index is -0.393. The third kappa shape index (κ3) is 4.01. The summed E-state index contributed by atoms with van der Waals surface area (Å²) in [5.41, 5.74) is 0.730. The summed E-state index contributed by atoms with van der Waals surface area (Å²) in [6.07, 6.45) is 4.02. The monoisotopic (exact) mass is 353 g/mol. The van der Waals surface area contributed by atoms with Crippen molar-refractivity contribution in [2.75, 3.05) is 13.7 Å². The van der Waals surface area contributed by atoms with Crippen molar-refractivity contribution in [2.24, 2.45) is 0 Å². The molecule has 4 heteroatoms. The van der Waals surface area contributed by atoms with Gasteiger partial charge in [-0.25, -0.2) is 0 Å². The molecule has 2 aromatic rings. The van der Waals surface area contributed by atoms with Crippen LogP contribution in [0.1, 0.15) is 38.2 Å². The molecule has 138 valence electrons. The third-order valence-corrected chi connectivity index (χ3v) is 5.16. The van der Waals surface area contributed by atoms with Crippen molar-refractivity contribution in [3.05, 3.63) is 60.2 Å². The molecule has 26 heavy (non-hydrogen) atoms. The fourth-order valence-corrected chi connectivity index (χ4v) is 3.68. The first-order valence-electron chi connectivity index (χ1n) is 9.27. The molecule has 0 aromatic heterocycles. The largest absolute Gasteiger partial charge is 0.497 e. The molecule has 1 N–H and O–H groups in total. The fraction of sp³-hybridized carbons (Fsp3) is 0.409. The fourth-order valence-electron chi connectivity index (χ4n) is 3.68. The number of rotatable bonds is 7. The van der Waals surface area contributed by atoms with Gasteiger partial charge in [0.25, 0.3) is 0 Å². The maximum atomic E-state index is 13.1. The second-order valence-electron chi connectivity index (χ2n) is 7.02. The van der Waals surface area contributed by atoms with Crippen molar-refractivity contribution in [1.29, 1.82) is 0 Å². The van der Waals surface area contributed by atoms with Gasteiger partial charge in [0, 0.05) is 0 Å². The van der Waals surface area contributed by atoms with Gasteiger partial charge in [0.1, 0.15) is 18.1 Å². The molecule has 1 saturated carbocycles. The molecule has 3 rings (SSSR count). The minimum absolute atomic E-state index is 0.0641. The highest BCUT2D eigenvalue weighted by Crippen LogP contribution is 2.41.